The van der Waals surface area contributed by atoms with E-state index in [1.165, 1.54) is 18.1 Å². The number of nitrogens with zero attached hydrogens (tertiary/aromatic N) is 4. The summed E-state index contributed by atoms with van der Waals surface area (Å²) in [7, 11) is 1.33. The third-order valence-corrected chi connectivity index (χ3v) is 2.88. The largest absolute Gasteiger partial charge is 0.465 e. The van der Waals surface area contributed by atoms with Crippen LogP contribution in [-0.2, 0) is 16.1 Å². The molecule has 0 bridgehead atoms. The maximum atomic E-state index is 11.9. The Labute approximate surface area is 121 Å². The lowest BCUT2D eigenvalue weighted by Gasteiger charge is -2.09. The van der Waals surface area contributed by atoms with Gasteiger partial charge in [-0.2, -0.15) is 0 Å². The molecule has 0 atom stereocenters. The molecule has 0 saturated carbocycles. The van der Waals surface area contributed by atoms with Gasteiger partial charge in [-0.25, -0.2) is 9.48 Å². The van der Waals surface area contributed by atoms with Crippen molar-refractivity contribution in [3.05, 3.63) is 35.7 Å². The number of methoxy groups -OCH3 is 1. The molecule has 0 aliphatic carbocycles. The highest BCUT2D eigenvalue weighted by Gasteiger charge is 2.09. The molecule has 1 heterocycles. The average Bonchev–Trinajstić information content (AvgIpc) is 2.99. The summed E-state index contributed by atoms with van der Waals surface area (Å²) in [5.74, 6) is -0.561. The van der Waals surface area contributed by atoms with Crippen LogP contribution >= 0.6 is 0 Å². The molecule has 0 spiro atoms. The number of hydrogen-bond donors (Lipinski definition) is 1. The summed E-state index contributed by atoms with van der Waals surface area (Å²) in [6, 6.07) is 4.95. The van der Waals surface area contributed by atoms with Crippen molar-refractivity contribution in [3.8, 4) is 0 Å². The van der Waals surface area contributed by atoms with Crippen LogP contribution in [0.2, 0.25) is 0 Å². The molecule has 0 aliphatic heterocycles. The maximum Gasteiger partial charge on any atom is 0.337 e. The van der Waals surface area contributed by atoms with Gasteiger partial charge in [0.1, 0.15) is 6.33 Å². The first-order valence-electron chi connectivity index (χ1n) is 6.29. The molecule has 1 amide bonds. The summed E-state index contributed by atoms with van der Waals surface area (Å²) in [6.45, 7) is 2.21. The van der Waals surface area contributed by atoms with E-state index in [1.54, 1.807) is 18.2 Å². The third kappa shape index (κ3) is 3.85. The van der Waals surface area contributed by atoms with Crippen molar-refractivity contribution in [2.45, 2.75) is 19.9 Å². The van der Waals surface area contributed by atoms with Gasteiger partial charge in [0.2, 0.25) is 5.91 Å². The number of amides is 1. The average molecular weight is 289 g/mol. The van der Waals surface area contributed by atoms with E-state index in [0.29, 0.717) is 17.8 Å². The number of hydrogen-bond acceptors (Lipinski definition) is 6. The quantitative estimate of drug-likeness (QED) is 0.817. The number of tetrazole rings is 1. The molecule has 1 aromatic heterocycles. The monoisotopic (exact) mass is 289 g/mol. The Morgan fingerprint density at radius 1 is 1.38 bits per heavy atom. The second kappa shape index (κ2) is 6.60. The van der Waals surface area contributed by atoms with Crippen molar-refractivity contribution in [1.82, 2.24) is 20.2 Å². The van der Waals surface area contributed by atoms with Gasteiger partial charge in [0, 0.05) is 12.1 Å². The minimum absolute atomic E-state index is 0.153. The van der Waals surface area contributed by atoms with Crippen molar-refractivity contribution in [2.24, 2.45) is 0 Å². The van der Waals surface area contributed by atoms with Gasteiger partial charge < -0.3 is 10.1 Å². The van der Waals surface area contributed by atoms with Gasteiger partial charge in [-0.1, -0.05) is 0 Å². The number of anilines is 1. The van der Waals surface area contributed by atoms with Crippen LogP contribution in [0.15, 0.2) is 24.5 Å². The second-order valence-corrected chi connectivity index (χ2v) is 4.39. The summed E-state index contributed by atoms with van der Waals surface area (Å²) in [5, 5.41) is 13.4. The SMILES string of the molecule is COC(=O)c1ccc(NC(=O)CCn2cnnn2)c(C)c1. The van der Waals surface area contributed by atoms with Crippen LogP contribution in [0.1, 0.15) is 22.3 Å². The molecule has 0 radical (unpaired) electrons. The van der Waals surface area contributed by atoms with Gasteiger partial charge in [0.15, 0.2) is 0 Å². The van der Waals surface area contributed by atoms with E-state index in [4.69, 9.17) is 0 Å². The fourth-order valence-corrected chi connectivity index (χ4v) is 1.76. The molecule has 2 aromatic rings. The molecule has 0 aliphatic rings. The highest BCUT2D eigenvalue weighted by Crippen LogP contribution is 2.17. The van der Waals surface area contributed by atoms with E-state index in [0.717, 1.165) is 5.56 Å². The molecular formula is C13H15N5O3. The zero-order chi connectivity index (χ0) is 15.2. The fourth-order valence-electron chi connectivity index (χ4n) is 1.76. The Hall–Kier alpha value is -2.77. The van der Waals surface area contributed by atoms with Crippen LogP contribution in [0.4, 0.5) is 5.69 Å². The topological polar surface area (TPSA) is 99.0 Å². The number of aromatic nitrogens is 4. The van der Waals surface area contributed by atoms with Gasteiger partial charge in [0.05, 0.1) is 19.2 Å². The van der Waals surface area contributed by atoms with E-state index >= 15 is 0 Å². The Balaban J connectivity index is 1.96. The Kier molecular flexibility index (Phi) is 4.60. The molecule has 0 fully saturated rings. The zero-order valence-corrected chi connectivity index (χ0v) is 11.7. The van der Waals surface area contributed by atoms with Crippen molar-refractivity contribution >= 4 is 17.6 Å². The lowest BCUT2D eigenvalue weighted by molar-refractivity contribution is -0.116. The minimum Gasteiger partial charge on any atom is -0.465 e. The van der Waals surface area contributed by atoms with E-state index in [-0.39, 0.29) is 12.3 Å². The first kappa shape index (κ1) is 14.6. The molecular weight excluding hydrogens is 274 g/mol. The number of ether oxygens (including phenoxy) is 1. The van der Waals surface area contributed by atoms with Crippen LogP contribution in [0.5, 0.6) is 0 Å². The molecule has 2 rings (SSSR count). The van der Waals surface area contributed by atoms with Crippen LogP contribution < -0.4 is 5.32 Å². The van der Waals surface area contributed by atoms with Crippen LogP contribution in [-0.4, -0.2) is 39.2 Å². The van der Waals surface area contributed by atoms with Gasteiger partial charge in [-0.15, -0.1) is 5.10 Å². The standard InChI is InChI=1S/C13H15N5O3/c1-9-7-10(13(20)21-2)3-4-11(9)15-12(19)5-6-18-8-14-16-17-18/h3-4,7-8H,5-6H2,1-2H3,(H,15,19). The summed E-state index contributed by atoms with van der Waals surface area (Å²) < 4.78 is 6.12. The maximum absolute atomic E-state index is 11.9. The molecule has 110 valence electrons. The number of carbonyl (C=O) groups is 2. The Morgan fingerprint density at radius 3 is 2.81 bits per heavy atom. The molecule has 0 unspecified atom stereocenters. The number of benzene rings is 1. The smallest absolute Gasteiger partial charge is 0.337 e. The number of carbonyl (C=O) groups excluding carboxylic acids is 2. The zero-order valence-electron chi connectivity index (χ0n) is 11.7. The van der Waals surface area contributed by atoms with Crippen molar-refractivity contribution < 1.29 is 14.3 Å². The molecule has 1 N–H and O–H groups in total. The molecule has 0 saturated heterocycles. The van der Waals surface area contributed by atoms with Crippen molar-refractivity contribution in [1.29, 1.82) is 0 Å². The van der Waals surface area contributed by atoms with Crippen molar-refractivity contribution in [2.75, 3.05) is 12.4 Å². The van der Waals surface area contributed by atoms with E-state index in [9.17, 15) is 9.59 Å². The minimum atomic E-state index is -0.408. The summed E-state index contributed by atoms with van der Waals surface area (Å²) >= 11 is 0. The third-order valence-electron chi connectivity index (χ3n) is 2.88. The lowest BCUT2D eigenvalue weighted by atomic mass is 10.1. The van der Waals surface area contributed by atoms with E-state index < -0.39 is 5.97 Å². The van der Waals surface area contributed by atoms with Crippen LogP contribution in [0.3, 0.4) is 0 Å². The van der Waals surface area contributed by atoms with Crippen LogP contribution in [0.25, 0.3) is 0 Å². The number of aryl methyl sites for hydroxylation is 2. The van der Waals surface area contributed by atoms with Gasteiger partial charge in [-0.05, 0) is 41.1 Å². The summed E-state index contributed by atoms with van der Waals surface area (Å²) in [5.41, 5.74) is 1.89. The van der Waals surface area contributed by atoms with Gasteiger partial charge in [-0.3, -0.25) is 4.79 Å². The molecule has 8 heteroatoms. The predicted octanol–water partition coefficient (Wildman–Crippen LogP) is 0.797. The highest BCUT2D eigenvalue weighted by atomic mass is 16.5. The predicted molar refractivity (Wildman–Crippen MR) is 73.6 cm³/mol. The molecule has 21 heavy (non-hydrogen) atoms. The second-order valence-electron chi connectivity index (χ2n) is 4.39. The van der Waals surface area contributed by atoms with Gasteiger partial charge >= 0.3 is 5.97 Å². The van der Waals surface area contributed by atoms with E-state index in [2.05, 4.69) is 25.6 Å². The Morgan fingerprint density at radius 2 is 2.19 bits per heavy atom. The first-order valence-corrected chi connectivity index (χ1v) is 6.29. The summed E-state index contributed by atoms with van der Waals surface area (Å²) in [6.07, 6.45) is 1.70. The van der Waals surface area contributed by atoms with E-state index in [1.807, 2.05) is 6.92 Å². The molecule has 8 nitrogen and oxygen atoms in total. The normalized spacial score (nSPS) is 10.2. The van der Waals surface area contributed by atoms with Crippen molar-refractivity contribution in [3.63, 3.8) is 0 Å². The first-order chi connectivity index (χ1) is 10.1. The Bertz CT molecular complexity index is 639. The number of nitrogens with one attached hydrogen (secondary N) is 1. The lowest BCUT2D eigenvalue weighted by Crippen LogP contribution is -2.15. The summed E-state index contributed by atoms with van der Waals surface area (Å²) in [4.78, 5) is 23.3. The van der Waals surface area contributed by atoms with Crippen LogP contribution in [0, 0.1) is 6.92 Å². The van der Waals surface area contributed by atoms with Gasteiger partial charge in [0.25, 0.3) is 0 Å². The number of rotatable bonds is 5. The number of esters is 1. The molecule has 1 aromatic carbocycles. The highest BCUT2D eigenvalue weighted by molar-refractivity contribution is 5.94. The fraction of sp³-hybridized carbons (Fsp3) is 0.308.